The van der Waals surface area contributed by atoms with Gasteiger partial charge in [-0.05, 0) is 19.1 Å². The van der Waals surface area contributed by atoms with Crippen LogP contribution >= 0.6 is 0 Å². The molecule has 9 heteroatoms. The van der Waals surface area contributed by atoms with Crippen molar-refractivity contribution in [1.82, 2.24) is 14.5 Å². The Balaban J connectivity index is 1.91. The van der Waals surface area contributed by atoms with Gasteiger partial charge in [-0.2, -0.15) is 0 Å². The van der Waals surface area contributed by atoms with Crippen molar-refractivity contribution in [3.8, 4) is 17.4 Å². The lowest BCUT2D eigenvalue weighted by Crippen LogP contribution is -2.30. The van der Waals surface area contributed by atoms with Crippen molar-refractivity contribution in [2.45, 2.75) is 13.5 Å². The van der Waals surface area contributed by atoms with Crippen LogP contribution in [0.4, 0.5) is 5.69 Å². The second-order valence-corrected chi connectivity index (χ2v) is 5.91. The second-order valence-electron chi connectivity index (χ2n) is 5.91. The zero-order valence-electron chi connectivity index (χ0n) is 16.0. The number of hydrogen-bond acceptors (Lipinski definition) is 7. The van der Waals surface area contributed by atoms with Crippen LogP contribution < -0.4 is 25.1 Å². The lowest BCUT2D eigenvalue weighted by molar-refractivity contribution is -0.116. The number of rotatable bonds is 6. The maximum Gasteiger partial charge on any atom is 0.262 e. The summed E-state index contributed by atoms with van der Waals surface area (Å²) in [5.74, 6) is 1.36. The van der Waals surface area contributed by atoms with Gasteiger partial charge in [0.2, 0.25) is 11.8 Å². The number of nitrogens with one attached hydrogen (secondary N) is 1. The molecule has 0 atom stereocenters. The van der Waals surface area contributed by atoms with E-state index in [1.165, 1.54) is 32.1 Å². The van der Waals surface area contributed by atoms with Crippen LogP contribution in [0.5, 0.6) is 17.4 Å². The van der Waals surface area contributed by atoms with Gasteiger partial charge in [0.1, 0.15) is 12.4 Å². The van der Waals surface area contributed by atoms with Gasteiger partial charge in [-0.15, -0.1) is 0 Å². The van der Waals surface area contributed by atoms with E-state index in [2.05, 4.69) is 15.3 Å². The van der Waals surface area contributed by atoms with Gasteiger partial charge in [0.25, 0.3) is 5.56 Å². The molecule has 146 valence electrons. The molecule has 0 aliphatic carbocycles. The summed E-state index contributed by atoms with van der Waals surface area (Å²) in [6.45, 7) is 1.48. The van der Waals surface area contributed by atoms with Gasteiger partial charge in [0.15, 0.2) is 11.5 Å². The zero-order chi connectivity index (χ0) is 20.3. The highest BCUT2D eigenvalue weighted by molar-refractivity contribution is 5.90. The van der Waals surface area contributed by atoms with Crippen LogP contribution in [-0.4, -0.2) is 41.8 Å². The van der Waals surface area contributed by atoms with Gasteiger partial charge in [-0.1, -0.05) is 0 Å². The predicted molar refractivity (Wildman–Crippen MR) is 103 cm³/mol. The van der Waals surface area contributed by atoms with Gasteiger partial charge in [-0.3, -0.25) is 14.2 Å². The number of amides is 1. The van der Waals surface area contributed by atoms with E-state index in [1.54, 1.807) is 31.2 Å². The molecule has 0 aliphatic rings. The minimum absolute atomic E-state index is 0.187. The molecule has 0 spiro atoms. The lowest BCUT2D eigenvalue weighted by Gasteiger charge is -2.13. The summed E-state index contributed by atoms with van der Waals surface area (Å²) in [7, 11) is 4.50. The summed E-state index contributed by atoms with van der Waals surface area (Å²) >= 11 is 0. The minimum atomic E-state index is -0.376. The fraction of sp³-hybridized carbons (Fsp3) is 0.263. The Kier molecular flexibility index (Phi) is 5.44. The van der Waals surface area contributed by atoms with E-state index in [0.29, 0.717) is 39.8 Å². The van der Waals surface area contributed by atoms with Gasteiger partial charge in [0, 0.05) is 12.1 Å². The minimum Gasteiger partial charge on any atom is -0.493 e. The Hall–Kier alpha value is -3.62. The fourth-order valence-corrected chi connectivity index (χ4v) is 2.76. The molecule has 1 aromatic carbocycles. The van der Waals surface area contributed by atoms with Crippen LogP contribution in [0.1, 0.15) is 5.82 Å². The second kappa shape index (κ2) is 7.95. The average Bonchev–Trinajstić information content (AvgIpc) is 2.70. The molecule has 2 heterocycles. The van der Waals surface area contributed by atoms with Crippen LogP contribution in [-0.2, 0) is 11.3 Å². The number of pyridine rings is 1. The fourth-order valence-electron chi connectivity index (χ4n) is 2.76. The number of aromatic nitrogens is 3. The van der Waals surface area contributed by atoms with Crippen molar-refractivity contribution in [2.24, 2.45) is 0 Å². The van der Waals surface area contributed by atoms with Crippen molar-refractivity contribution < 1.29 is 19.0 Å². The topological polar surface area (TPSA) is 105 Å². The highest BCUT2D eigenvalue weighted by Crippen LogP contribution is 2.30. The molecule has 1 amide bonds. The summed E-state index contributed by atoms with van der Waals surface area (Å²) in [6.07, 6.45) is 1.47. The van der Waals surface area contributed by atoms with E-state index in [1.807, 2.05) is 0 Å². The van der Waals surface area contributed by atoms with Crippen molar-refractivity contribution in [3.63, 3.8) is 0 Å². The Bertz CT molecular complexity index is 1080. The van der Waals surface area contributed by atoms with E-state index in [9.17, 15) is 9.59 Å². The van der Waals surface area contributed by atoms with Crippen molar-refractivity contribution >= 4 is 22.5 Å². The smallest absolute Gasteiger partial charge is 0.262 e. The highest BCUT2D eigenvalue weighted by atomic mass is 16.5. The number of fused-ring (bicyclic) bond motifs is 1. The summed E-state index contributed by atoms with van der Waals surface area (Å²) in [4.78, 5) is 33.8. The molecular formula is C19H20N4O5. The van der Waals surface area contributed by atoms with E-state index >= 15 is 0 Å². The molecule has 0 saturated heterocycles. The maximum absolute atomic E-state index is 12.9. The number of hydrogen-bond donors (Lipinski definition) is 1. The number of carbonyl (C=O) groups excluding carboxylic acids is 1. The van der Waals surface area contributed by atoms with E-state index in [-0.39, 0.29) is 18.0 Å². The van der Waals surface area contributed by atoms with Crippen molar-refractivity contribution in [1.29, 1.82) is 0 Å². The standard InChI is InChI=1S/C19H20N4O5/c1-11-21-14-8-16(27-3)15(26-2)7-13(14)19(25)23(11)10-17(24)22-12-5-6-18(28-4)20-9-12/h5-9H,10H2,1-4H3,(H,22,24). The Morgan fingerprint density at radius 2 is 1.82 bits per heavy atom. The first kappa shape index (κ1) is 19.2. The molecule has 3 rings (SSSR count). The molecule has 3 aromatic rings. The summed E-state index contributed by atoms with van der Waals surface area (Å²) in [5, 5.41) is 3.03. The molecule has 0 saturated carbocycles. The number of benzene rings is 1. The molecule has 0 aliphatic heterocycles. The molecule has 0 unspecified atom stereocenters. The lowest BCUT2D eigenvalue weighted by atomic mass is 10.2. The SMILES string of the molecule is COc1ccc(NC(=O)Cn2c(C)nc3cc(OC)c(OC)cc3c2=O)cn1. The normalized spacial score (nSPS) is 10.6. The molecule has 28 heavy (non-hydrogen) atoms. The summed E-state index contributed by atoms with van der Waals surface area (Å²) in [6, 6.07) is 6.49. The van der Waals surface area contributed by atoms with Gasteiger partial charge in [-0.25, -0.2) is 9.97 Å². The summed E-state index contributed by atoms with van der Waals surface area (Å²) in [5.41, 5.74) is 0.624. The molecule has 0 fully saturated rings. The zero-order valence-corrected chi connectivity index (χ0v) is 16.0. The number of carbonyl (C=O) groups is 1. The first-order valence-electron chi connectivity index (χ1n) is 8.40. The van der Waals surface area contributed by atoms with Crippen LogP contribution in [0.25, 0.3) is 10.9 Å². The molecule has 9 nitrogen and oxygen atoms in total. The Morgan fingerprint density at radius 3 is 2.43 bits per heavy atom. The first-order chi connectivity index (χ1) is 13.5. The number of aryl methyl sites for hydroxylation is 1. The van der Waals surface area contributed by atoms with Gasteiger partial charge < -0.3 is 19.5 Å². The van der Waals surface area contributed by atoms with E-state index < -0.39 is 0 Å². The Labute approximate surface area is 160 Å². The van der Waals surface area contributed by atoms with Crippen LogP contribution in [0, 0.1) is 6.92 Å². The predicted octanol–water partition coefficient (Wildman–Crippen LogP) is 1.76. The molecule has 0 bridgehead atoms. The third-order valence-electron chi connectivity index (χ3n) is 4.18. The van der Waals surface area contributed by atoms with Crippen molar-refractivity contribution in [2.75, 3.05) is 26.6 Å². The number of methoxy groups -OCH3 is 3. The molecular weight excluding hydrogens is 364 g/mol. The highest BCUT2D eigenvalue weighted by Gasteiger charge is 2.15. The van der Waals surface area contributed by atoms with E-state index in [4.69, 9.17) is 14.2 Å². The molecule has 0 radical (unpaired) electrons. The Morgan fingerprint density at radius 1 is 1.11 bits per heavy atom. The summed E-state index contributed by atoms with van der Waals surface area (Å²) < 4.78 is 16.8. The molecule has 2 aromatic heterocycles. The van der Waals surface area contributed by atoms with Crippen LogP contribution in [0.2, 0.25) is 0 Å². The number of anilines is 1. The third-order valence-corrected chi connectivity index (χ3v) is 4.18. The largest absolute Gasteiger partial charge is 0.493 e. The quantitative estimate of drug-likeness (QED) is 0.690. The number of ether oxygens (including phenoxy) is 3. The molecule has 1 N–H and O–H groups in total. The average molecular weight is 384 g/mol. The first-order valence-corrected chi connectivity index (χ1v) is 8.40. The van der Waals surface area contributed by atoms with E-state index in [0.717, 1.165) is 0 Å². The monoisotopic (exact) mass is 384 g/mol. The number of nitrogens with zero attached hydrogens (tertiary/aromatic N) is 3. The third kappa shape index (κ3) is 3.73. The van der Waals surface area contributed by atoms with Crippen LogP contribution in [0.3, 0.4) is 0 Å². The van der Waals surface area contributed by atoms with Gasteiger partial charge >= 0.3 is 0 Å². The van der Waals surface area contributed by atoms with Crippen LogP contribution in [0.15, 0.2) is 35.3 Å². The van der Waals surface area contributed by atoms with Gasteiger partial charge in [0.05, 0.1) is 44.1 Å². The maximum atomic E-state index is 12.9. The van der Waals surface area contributed by atoms with Crippen molar-refractivity contribution in [3.05, 3.63) is 46.6 Å².